The van der Waals surface area contributed by atoms with Gasteiger partial charge in [0.05, 0.1) is 5.39 Å². The highest BCUT2D eigenvalue weighted by molar-refractivity contribution is 7.18. The zero-order chi connectivity index (χ0) is 11.1. The maximum atomic E-state index is 12.1. The van der Waals surface area contributed by atoms with Gasteiger partial charge in [0.2, 0.25) is 0 Å². The Bertz CT molecular complexity index is 697. The van der Waals surface area contributed by atoms with Gasteiger partial charge in [-0.1, -0.05) is 5.10 Å². The molecule has 0 unspecified atom stereocenters. The molecule has 0 aliphatic rings. The van der Waals surface area contributed by atoms with E-state index in [-0.39, 0.29) is 11.5 Å². The second kappa shape index (κ2) is 3.20. The molecule has 0 radical (unpaired) electrons. The van der Waals surface area contributed by atoms with Gasteiger partial charge in [0.1, 0.15) is 11.2 Å². The van der Waals surface area contributed by atoms with E-state index in [2.05, 4.69) is 25.6 Å². The molecule has 3 rings (SSSR count). The van der Waals surface area contributed by atoms with Gasteiger partial charge in [-0.15, -0.1) is 11.3 Å². The lowest BCUT2D eigenvalue weighted by molar-refractivity contribution is 0.879. The summed E-state index contributed by atoms with van der Waals surface area (Å²) < 4.78 is 1.29. The third kappa shape index (κ3) is 1.23. The highest BCUT2D eigenvalue weighted by atomic mass is 32.1. The predicted octanol–water partition coefficient (Wildman–Crippen LogP) is 0.269. The molecule has 0 saturated carbocycles. The normalized spacial score (nSPS) is 11.1. The molecule has 0 atom stereocenters. The zero-order valence-corrected chi connectivity index (χ0v) is 9.02. The summed E-state index contributed by atoms with van der Waals surface area (Å²) in [6.07, 6.45) is 1.42. The Balaban J connectivity index is 2.36. The summed E-state index contributed by atoms with van der Waals surface area (Å²) in [5.41, 5.74) is -0.173. The number of hydrogen-bond donors (Lipinski definition) is 1. The van der Waals surface area contributed by atoms with E-state index in [1.54, 1.807) is 0 Å². The SMILES string of the molecule is Cc1cc2c(=O)n(-c3nnn[nH]3)cnc2s1. The highest BCUT2D eigenvalue weighted by Crippen LogP contribution is 2.19. The molecule has 16 heavy (non-hydrogen) atoms. The fourth-order valence-corrected chi connectivity index (χ4v) is 2.29. The monoisotopic (exact) mass is 234 g/mol. The summed E-state index contributed by atoms with van der Waals surface area (Å²) in [5, 5.41) is 13.6. The first-order valence-corrected chi connectivity index (χ1v) is 5.29. The van der Waals surface area contributed by atoms with Gasteiger partial charge in [-0.25, -0.2) is 14.6 Å². The molecular weight excluding hydrogens is 228 g/mol. The van der Waals surface area contributed by atoms with Crippen LogP contribution in [0.1, 0.15) is 4.88 Å². The molecule has 0 aromatic carbocycles. The van der Waals surface area contributed by atoms with E-state index in [1.807, 2.05) is 13.0 Å². The minimum absolute atomic E-state index is 0.173. The quantitative estimate of drug-likeness (QED) is 0.652. The number of nitrogens with one attached hydrogen (secondary N) is 1. The number of fused-ring (bicyclic) bond motifs is 1. The van der Waals surface area contributed by atoms with Gasteiger partial charge in [0.15, 0.2) is 0 Å². The van der Waals surface area contributed by atoms with Gasteiger partial charge in [-0.2, -0.15) is 0 Å². The van der Waals surface area contributed by atoms with Gasteiger partial charge >= 0.3 is 0 Å². The number of H-pyrrole nitrogens is 1. The van der Waals surface area contributed by atoms with Crippen LogP contribution >= 0.6 is 11.3 Å². The van der Waals surface area contributed by atoms with E-state index in [1.165, 1.54) is 22.2 Å². The summed E-state index contributed by atoms with van der Waals surface area (Å²) in [6, 6.07) is 1.82. The molecule has 0 amide bonds. The van der Waals surface area contributed by atoms with Crippen molar-refractivity contribution in [1.29, 1.82) is 0 Å². The lowest BCUT2D eigenvalue weighted by atomic mass is 10.4. The molecule has 0 bridgehead atoms. The Kier molecular flexibility index (Phi) is 1.83. The number of aryl methyl sites for hydroxylation is 1. The first-order chi connectivity index (χ1) is 7.75. The summed E-state index contributed by atoms with van der Waals surface area (Å²) in [5.74, 6) is 0.267. The zero-order valence-electron chi connectivity index (χ0n) is 8.21. The summed E-state index contributed by atoms with van der Waals surface area (Å²) in [6.45, 7) is 1.94. The van der Waals surface area contributed by atoms with Crippen molar-refractivity contribution in [3.8, 4) is 5.95 Å². The first-order valence-electron chi connectivity index (χ1n) is 4.47. The lowest BCUT2D eigenvalue weighted by Gasteiger charge is -1.97. The van der Waals surface area contributed by atoms with Crippen molar-refractivity contribution in [2.24, 2.45) is 0 Å². The van der Waals surface area contributed by atoms with Crippen LogP contribution in [0.5, 0.6) is 0 Å². The molecule has 3 heterocycles. The lowest BCUT2D eigenvalue weighted by Crippen LogP contribution is -2.19. The van der Waals surface area contributed by atoms with Crippen LogP contribution in [0.4, 0.5) is 0 Å². The number of thiophene rings is 1. The minimum atomic E-state index is -0.173. The summed E-state index contributed by atoms with van der Waals surface area (Å²) >= 11 is 1.49. The molecule has 1 N–H and O–H groups in total. The summed E-state index contributed by atoms with van der Waals surface area (Å²) in [7, 11) is 0. The molecular formula is C8H6N6OS. The molecule has 80 valence electrons. The van der Waals surface area contributed by atoms with E-state index in [0.717, 1.165) is 9.71 Å². The fraction of sp³-hybridized carbons (Fsp3) is 0.125. The molecule has 8 heteroatoms. The average molecular weight is 234 g/mol. The van der Waals surface area contributed by atoms with Crippen LogP contribution in [-0.2, 0) is 0 Å². The smallest absolute Gasteiger partial charge is 0.268 e. The Morgan fingerprint density at radius 3 is 3.12 bits per heavy atom. The van der Waals surface area contributed by atoms with Crippen molar-refractivity contribution in [2.45, 2.75) is 6.92 Å². The van der Waals surface area contributed by atoms with E-state index < -0.39 is 0 Å². The third-order valence-corrected chi connectivity index (χ3v) is 3.10. The fourth-order valence-electron chi connectivity index (χ4n) is 1.45. The number of nitrogens with zero attached hydrogens (tertiary/aromatic N) is 5. The molecule has 3 aromatic rings. The van der Waals surface area contributed by atoms with Crippen molar-refractivity contribution in [3.05, 3.63) is 27.6 Å². The topological polar surface area (TPSA) is 89.4 Å². The molecule has 0 saturated heterocycles. The maximum absolute atomic E-state index is 12.1. The Hall–Kier alpha value is -2.09. The van der Waals surface area contributed by atoms with Crippen LogP contribution in [-0.4, -0.2) is 30.2 Å². The van der Waals surface area contributed by atoms with Crippen LogP contribution in [0.3, 0.4) is 0 Å². The van der Waals surface area contributed by atoms with Crippen molar-refractivity contribution in [3.63, 3.8) is 0 Å². The van der Waals surface area contributed by atoms with Crippen molar-refractivity contribution in [2.75, 3.05) is 0 Å². The van der Waals surface area contributed by atoms with Crippen LogP contribution in [0.2, 0.25) is 0 Å². The second-order valence-corrected chi connectivity index (χ2v) is 4.46. The molecule has 0 fully saturated rings. The highest BCUT2D eigenvalue weighted by Gasteiger charge is 2.09. The number of tetrazole rings is 1. The van der Waals surface area contributed by atoms with Crippen LogP contribution < -0.4 is 5.56 Å². The van der Waals surface area contributed by atoms with E-state index in [0.29, 0.717) is 5.39 Å². The molecule has 7 nitrogen and oxygen atoms in total. The second-order valence-electron chi connectivity index (χ2n) is 3.22. The summed E-state index contributed by atoms with van der Waals surface area (Å²) in [4.78, 5) is 18.0. The third-order valence-electron chi connectivity index (χ3n) is 2.14. The van der Waals surface area contributed by atoms with Gasteiger partial charge in [-0.05, 0) is 23.4 Å². The Labute approximate surface area is 92.8 Å². The first kappa shape index (κ1) is 9.16. The number of aromatic nitrogens is 6. The largest absolute Gasteiger partial charge is 0.269 e. The standard InChI is InChI=1S/C8H6N6OS/c1-4-2-5-6(16-4)9-3-14(7(5)15)8-10-12-13-11-8/h2-3H,1H3,(H,10,11,12,13). The number of aromatic amines is 1. The van der Waals surface area contributed by atoms with E-state index >= 15 is 0 Å². The van der Waals surface area contributed by atoms with E-state index in [9.17, 15) is 4.79 Å². The molecule has 0 spiro atoms. The van der Waals surface area contributed by atoms with Crippen molar-refractivity contribution >= 4 is 21.6 Å². The van der Waals surface area contributed by atoms with Crippen LogP contribution in [0.25, 0.3) is 16.2 Å². The van der Waals surface area contributed by atoms with Crippen LogP contribution in [0, 0.1) is 6.92 Å². The molecule has 0 aliphatic heterocycles. The number of rotatable bonds is 1. The van der Waals surface area contributed by atoms with Gasteiger partial charge < -0.3 is 0 Å². The maximum Gasteiger partial charge on any atom is 0.269 e. The molecule has 3 aromatic heterocycles. The van der Waals surface area contributed by atoms with Crippen LogP contribution in [0.15, 0.2) is 17.2 Å². The predicted molar refractivity (Wildman–Crippen MR) is 57.7 cm³/mol. The van der Waals surface area contributed by atoms with Crippen molar-refractivity contribution < 1.29 is 0 Å². The van der Waals surface area contributed by atoms with Gasteiger partial charge in [0, 0.05) is 4.88 Å². The van der Waals surface area contributed by atoms with Gasteiger partial charge in [0.25, 0.3) is 11.5 Å². The van der Waals surface area contributed by atoms with Gasteiger partial charge in [-0.3, -0.25) is 4.79 Å². The van der Waals surface area contributed by atoms with E-state index in [4.69, 9.17) is 0 Å². The number of hydrogen-bond acceptors (Lipinski definition) is 6. The molecule has 0 aliphatic carbocycles. The average Bonchev–Trinajstić information content (AvgIpc) is 2.86. The Morgan fingerprint density at radius 1 is 1.50 bits per heavy atom. The Morgan fingerprint density at radius 2 is 2.38 bits per heavy atom. The minimum Gasteiger partial charge on any atom is -0.268 e. The van der Waals surface area contributed by atoms with Crippen molar-refractivity contribution in [1.82, 2.24) is 30.2 Å².